The Bertz CT molecular complexity index is 211. The molecule has 0 aliphatic heterocycles. The average molecular weight is 199 g/mol. The molecule has 0 aliphatic carbocycles. The average Bonchev–Trinajstić information content (AvgIpc) is 2.69. The molecule has 0 unspecified atom stereocenters. The third kappa shape index (κ3) is 4.99. The van der Waals surface area contributed by atoms with Gasteiger partial charge in [-0.1, -0.05) is 5.16 Å². The van der Waals surface area contributed by atoms with Crippen molar-refractivity contribution in [1.29, 1.82) is 0 Å². The van der Waals surface area contributed by atoms with E-state index < -0.39 is 0 Å². The van der Waals surface area contributed by atoms with E-state index in [9.17, 15) is 0 Å². The van der Waals surface area contributed by atoms with E-state index >= 15 is 0 Å². The van der Waals surface area contributed by atoms with Crippen molar-refractivity contribution < 1.29 is 14.0 Å². The van der Waals surface area contributed by atoms with Crippen LogP contribution in [0.1, 0.15) is 18.5 Å². The number of methoxy groups -OCH3 is 1. The summed E-state index contributed by atoms with van der Waals surface area (Å²) in [5.74, 6) is 0. The zero-order valence-corrected chi connectivity index (χ0v) is 8.57. The molecule has 0 amide bonds. The first-order valence-electron chi connectivity index (χ1n) is 4.89. The fraction of sp³-hybridized carbons (Fsp3) is 0.700. The normalized spacial score (nSPS) is 10.6. The molecule has 0 fully saturated rings. The van der Waals surface area contributed by atoms with E-state index in [2.05, 4.69) is 5.16 Å². The number of unbranched alkanes of at least 4 members (excludes halogenated alkanes) is 1. The molecular formula is C10H17NO3. The Morgan fingerprint density at radius 2 is 2.14 bits per heavy atom. The molecular weight excluding hydrogens is 182 g/mol. The maximum Gasteiger partial charge on any atom is 0.124 e. The molecule has 0 bridgehead atoms. The quantitative estimate of drug-likeness (QED) is 0.597. The predicted octanol–water partition coefficient (Wildman–Crippen LogP) is 1.66. The van der Waals surface area contributed by atoms with Gasteiger partial charge in [-0.25, -0.2) is 0 Å². The summed E-state index contributed by atoms with van der Waals surface area (Å²) in [5.41, 5.74) is 0.946. The fourth-order valence-corrected chi connectivity index (χ4v) is 1.10. The highest BCUT2D eigenvalue weighted by atomic mass is 16.5. The Morgan fingerprint density at radius 1 is 1.29 bits per heavy atom. The summed E-state index contributed by atoms with van der Waals surface area (Å²) in [4.78, 5) is 0. The van der Waals surface area contributed by atoms with Crippen LogP contribution in [0.5, 0.6) is 0 Å². The minimum Gasteiger partial charge on any atom is -0.385 e. The van der Waals surface area contributed by atoms with Gasteiger partial charge in [0, 0.05) is 32.8 Å². The maximum atomic E-state index is 5.42. The number of hydrogen-bond acceptors (Lipinski definition) is 4. The van der Waals surface area contributed by atoms with Crippen LogP contribution >= 0.6 is 0 Å². The fourth-order valence-electron chi connectivity index (χ4n) is 1.10. The molecule has 1 heterocycles. The van der Waals surface area contributed by atoms with Gasteiger partial charge in [-0.05, 0) is 12.8 Å². The zero-order valence-electron chi connectivity index (χ0n) is 8.57. The van der Waals surface area contributed by atoms with Crippen molar-refractivity contribution in [3.8, 4) is 0 Å². The van der Waals surface area contributed by atoms with Crippen molar-refractivity contribution in [3.05, 3.63) is 18.0 Å². The van der Waals surface area contributed by atoms with Gasteiger partial charge in [-0.3, -0.25) is 0 Å². The predicted molar refractivity (Wildman–Crippen MR) is 52.1 cm³/mol. The molecule has 80 valence electrons. The van der Waals surface area contributed by atoms with Crippen LogP contribution < -0.4 is 0 Å². The van der Waals surface area contributed by atoms with Gasteiger partial charge in [0.15, 0.2) is 0 Å². The number of hydrogen-bond donors (Lipinski definition) is 0. The van der Waals surface area contributed by atoms with E-state index in [0.717, 1.165) is 38.2 Å². The molecule has 1 rings (SSSR count). The second-order valence-corrected chi connectivity index (χ2v) is 3.05. The minimum absolute atomic E-state index is 0.708. The molecule has 0 saturated heterocycles. The van der Waals surface area contributed by atoms with Gasteiger partial charge >= 0.3 is 0 Å². The van der Waals surface area contributed by atoms with Crippen LogP contribution in [-0.2, 0) is 15.9 Å². The summed E-state index contributed by atoms with van der Waals surface area (Å²) < 4.78 is 15.0. The maximum absolute atomic E-state index is 5.42. The van der Waals surface area contributed by atoms with Gasteiger partial charge in [-0.2, -0.15) is 0 Å². The highest BCUT2D eigenvalue weighted by Gasteiger charge is 1.95. The van der Waals surface area contributed by atoms with Gasteiger partial charge in [0.05, 0.1) is 12.3 Å². The lowest BCUT2D eigenvalue weighted by Gasteiger charge is -2.01. The summed E-state index contributed by atoms with van der Waals surface area (Å²) in [6.07, 6.45) is 4.50. The number of rotatable bonds is 8. The van der Waals surface area contributed by atoms with Crippen LogP contribution in [0, 0.1) is 0 Å². The zero-order chi connectivity index (χ0) is 10.1. The number of aromatic nitrogens is 1. The third-order valence-electron chi connectivity index (χ3n) is 1.88. The Labute approximate surface area is 84.2 Å². The van der Waals surface area contributed by atoms with E-state index in [1.165, 1.54) is 0 Å². The summed E-state index contributed by atoms with van der Waals surface area (Å²) >= 11 is 0. The first kappa shape index (κ1) is 11.2. The van der Waals surface area contributed by atoms with E-state index in [-0.39, 0.29) is 0 Å². The van der Waals surface area contributed by atoms with E-state index in [4.69, 9.17) is 14.0 Å². The van der Waals surface area contributed by atoms with Crippen LogP contribution in [0.15, 0.2) is 16.9 Å². The molecule has 1 aromatic rings. The molecule has 0 aliphatic rings. The lowest BCUT2D eigenvalue weighted by molar-refractivity contribution is 0.120. The second-order valence-electron chi connectivity index (χ2n) is 3.05. The Balaban J connectivity index is 1.85. The number of ether oxygens (including phenoxy) is 2. The van der Waals surface area contributed by atoms with Gasteiger partial charge in [-0.15, -0.1) is 0 Å². The smallest absolute Gasteiger partial charge is 0.124 e. The lowest BCUT2D eigenvalue weighted by Crippen LogP contribution is -2.01. The molecule has 1 aromatic heterocycles. The molecule has 0 N–H and O–H groups in total. The third-order valence-corrected chi connectivity index (χ3v) is 1.88. The summed E-state index contributed by atoms with van der Waals surface area (Å²) in [6, 6.07) is 1.86. The van der Waals surface area contributed by atoms with Gasteiger partial charge < -0.3 is 14.0 Å². The first-order chi connectivity index (χ1) is 6.93. The topological polar surface area (TPSA) is 44.5 Å². The molecule has 14 heavy (non-hydrogen) atoms. The summed E-state index contributed by atoms with van der Waals surface area (Å²) in [5, 5.41) is 3.79. The largest absolute Gasteiger partial charge is 0.385 e. The molecule has 0 radical (unpaired) electrons. The highest BCUT2D eigenvalue weighted by molar-refractivity contribution is 4.94. The number of nitrogens with zero attached hydrogens (tertiary/aromatic N) is 1. The van der Waals surface area contributed by atoms with Gasteiger partial charge in [0.1, 0.15) is 6.26 Å². The van der Waals surface area contributed by atoms with Crippen molar-refractivity contribution in [2.24, 2.45) is 0 Å². The monoisotopic (exact) mass is 199 g/mol. The molecule has 0 spiro atoms. The van der Waals surface area contributed by atoms with E-state index in [1.54, 1.807) is 13.4 Å². The Hall–Kier alpha value is -0.870. The van der Waals surface area contributed by atoms with E-state index in [0.29, 0.717) is 6.61 Å². The molecule has 0 saturated carbocycles. The minimum atomic E-state index is 0.708. The molecule has 4 heteroatoms. The summed E-state index contributed by atoms with van der Waals surface area (Å²) in [6.45, 7) is 2.31. The van der Waals surface area contributed by atoms with Crippen molar-refractivity contribution in [1.82, 2.24) is 5.16 Å². The molecule has 4 nitrogen and oxygen atoms in total. The van der Waals surface area contributed by atoms with Crippen LogP contribution in [0.3, 0.4) is 0 Å². The first-order valence-corrected chi connectivity index (χ1v) is 4.89. The van der Waals surface area contributed by atoms with Crippen LogP contribution in [-0.4, -0.2) is 32.1 Å². The lowest BCUT2D eigenvalue weighted by atomic mass is 10.3. The molecule has 0 aromatic carbocycles. The van der Waals surface area contributed by atoms with E-state index in [1.807, 2.05) is 6.07 Å². The van der Waals surface area contributed by atoms with Crippen LogP contribution in [0.25, 0.3) is 0 Å². The van der Waals surface area contributed by atoms with Crippen molar-refractivity contribution in [3.63, 3.8) is 0 Å². The molecule has 0 atom stereocenters. The van der Waals surface area contributed by atoms with Crippen molar-refractivity contribution in [2.45, 2.75) is 19.3 Å². The van der Waals surface area contributed by atoms with Crippen LogP contribution in [0.4, 0.5) is 0 Å². The SMILES string of the molecule is COCCCCOCCc1ccon1. The Morgan fingerprint density at radius 3 is 2.86 bits per heavy atom. The standard InChI is InChI=1S/C10H17NO3/c1-12-6-2-3-7-13-8-4-10-5-9-14-11-10/h5,9H,2-4,6-8H2,1H3. The van der Waals surface area contributed by atoms with Crippen molar-refractivity contribution >= 4 is 0 Å². The Kier molecular flexibility index (Phi) is 6.02. The highest BCUT2D eigenvalue weighted by Crippen LogP contribution is 1.97. The summed E-state index contributed by atoms with van der Waals surface area (Å²) in [7, 11) is 1.71. The van der Waals surface area contributed by atoms with Gasteiger partial charge in [0.25, 0.3) is 0 Å². The van der Waals surface area contributed by atoms with Crippen molar-refractivity contribution in [2.75, 3.05) is 26.9 Å². The van der Waals surface area contributed by atoms with Crippen LogP contribution in [0.2, 0.25) is 0 Å². The van der Waals surface area contributed by atoms with Gasteiger partial charge in [0.2, 0.25) is 0 Å². The second kappa shape index (κ2) is 7.53.